The van der Waals surface area contributed by atoms with Crippen LogP contribution in [0.5, 0.6) is 11.5 Å². The number of methoxy groups -OCH3 is 2. The summed E-state index contributed by atoms with van der Waals surface area (Å²) in [5, 5.41) is 7.43. The zero-order valence-corrected chi connectivity index (χ0v) is 18.2. The first-order chi connectivity index (χ1) is 14.1. The monoisotopic (exact) mass is 416 g/mol. The maximum atomic E-state index is 13.1. The Bertz CT molecular complexity index is 939. The van der Waals surface area contributed by atoms with Gasteiger partial charge in [0.05, 0.1) is 26.5 Å². The fourth-order valence-corrected chi connectivity index (χ4v) is 3.38. The Labute approximate surface area is 175 Å². The van der Waals surface area contributed by atoms with Crippen molar-refractivity contribution in [3.05, 3.63) is 35.0 Å². The molecular weight excluding hydrogens is 388 g/mol. The summed E-state index contributed by atoms with van der Waals surface area (Å²) in [5.41, 5.74) is 1.35. The third-order valence-electron chi connectivity index (χ3n) is 4.73. The maximum absolute atomic E-state index is 13.1. The number of carbonyl (C=O) groups is 2. The van der Waals surface area contributed by atoms with Gasteiger partial charge < -0.3 is 24.4 Å². The normalized spacial score (nSPS) is 13.5. The van der Waals surface area contributed by atoms with E-state index in [9.17, 15) is 9.59 Å². The number of hydrogen-bond donors (Lipinski definition) is 1. The van der Waals surface area contributed by atoms with E-state index < -0.39 is 5.60 Å². The number of ether oxygens (including phenoxy) is 3. The molecule has 1 aromatic heterocycles. The van der Waals surface area contributed by atoms with Gasteiger partial charge in [0.1, 0.15) is 28.5 Å². The number of hydrogen-bond acceptors (Lipinski definition) is 6. The quantitative estimate of drug-likeness (QED) is 0.823. The van der Waals surface area contributed by atoms with Crippen molar-refractivity contribution in [3.63, 3.8) is 0 Å². The van der Waals surface area contributed by atoms with E-state index in [-0.39, 0.29) is 17.6 Å². The molecule has 1 aliphatic rings. The predicted molar refractivity (Wildman–Crippen MR) is 111 cm³/mol. The van der Waals surface area contributed by atoms with Gasteiger partial charge in [-0.25, -0.2) is 4.79 Å². The third kappa shape index (κ3) is 4.34. The Kier molecular flexibility index (Phi) is 5.91. The molecule has 0 saturated carbocycles. The lowest BCUT2D eigenvalue weighted by Gasteiger charge is -2.30. The van der Waals surface area contributed by atoms with Crippen LogP contribution in [0.2, 0.25) is 0 Å². The molecule has 0 atom stereocenters. The van der Waals surface area contributed by atoms with Crippen LogP contribution in [0.4, 0.5) is 10.6 Å². The molecular formula is C21H28N4O5. The average Bonchev–Trinajstić information content (AvgIpc) is 3.00. The van der Waals surface area contributed by atoms with E-state index in [0.29, 0.717) is 36.8 Å². The lowest BCUT2D eigenvalue weighted by atomic mass is 10.1. The summed E-state index contributed by atoms with van der Waals surface area (Å²) in [4.78, 5) is 27.2. The van der Waals surface area contributed by atoms with E-state index in [4.69, 9.17) is 14.2 Å². The molecule has 2 aromatic rings. The average molecular weight is 416 g/mol. The minimum Gasteiger partial charge on any atom is -0.496 e. The fourth-order valence-electron chi connectivity index (χ4n) is 3.38. The number of carbonyl (C=O) groups excluding carboxylic acids is 2. The van der Waals surface area contributed by atoms with Gasteiger partial charge in [-0.05, 0) is 32.9 Å². The molecule has 0 radical (unpaired) electrons. The van der Waals surface area contributed by atoms with Gasteiger partial charge in [0.15, 0.2) is 0 Å². The van der Waals surface area contributed by atoms with Crippen LogP contribution in [0.15, 0.2) is 18.2 Å². The van der Waals surface area contributed by atoms with E-state index in [1.165, 1.54) is 14.2 Å². The second-order valence-electron chi connectivity index (χ2n) is 8.04. The van der Waals surface area contributed by atoms with Crippen LogP contribution < -0.4 is 14.8 Å². The highest BCUT2D eigenvalue weighted by Gasteiger charge is 2.31. The Morgan fingerprint density at radius 3 is 2.33 bits per heavy atom. The number of aromatic nitrogens is 2. The van der Waals surface area contributed by atoms with Gasteiger partial charge in [0.2, 0.25) is 0 Å². The van der Waals surface area contributed by atoms with Crippen molar-refractivity contribution in [1.29, 1.82) is 0 Å². The molecule has 30 heavy (non-hydrogen) atoms. The van der Waals surface area contributed by atoms with E-state index >= 15 is 0 Å². The van der Waals surface area contributed by atoms with Gasteiger partial charge >= 0.3 is 6.09 Å². The van der Waals surface area contributed by atoms with Crippen LogP contribution in [0.25, 0.3) is 0 Å². The number of nitrogens with one attached hydrogen (secondary N) is 1. The Balaban J connectivity index is 1.88. The van der Waals surface area contributed by atoms with Crippen molar-refractivity contribution < 1.29 is 23.8 Å². The molecule has 2 heterocycles. The number of nitrogens with zero attached hydrogens (tertiary/aromatic N) is 3. The highest BCUT2D eigenvalue weighted by Crippen LogP contribution is 2.31. The summed E-state index contributed by atoms with van der Waals surface area (Å²) >= 11 is 0. The van der Waals surface area contributed by atoms with Crippen LogP contribution in [-0.4, -0.2) is 53.0 Å². The molecule has 0 aliphatic carbocycles. The van der Waals surface area contributed by atoms with Gasteiger partial charge in [0.25, 0.3) is 5.91 Å². The number of rotatable bonds is 4. The Hall–Kier alpha value is -3.23. The molecule has 162 valence electrons. The number of aryl methyl sites for hydroxylation is 1. The molecule has 1 N–H and O–H groups in total. The van der Waals surface area contributed by atoms with Gasteiger partial charge in [-0.3, -0.25) is 9.48 Å². The minimum absolute atomic E-state index is 0.289. The van der Waals surface area contributed by atoms with Crippen molar-refractivity contribution in [1.82, 2.24) is 14.7 Å². The zero-order valence-electron chi connectivity index (χ0n) is 18.2. The topological polar surface area (TPSA) is 94.9 Å². The molecule has 0 saturated heterocycles. The van der Waals surface area contributed by atoms with E-state index in [1.54, 1.807) is 34.8 Å². The first kappa shape index (κ1) is 21.5. The highest BCUT2D eigenvalue weighted by atomic mass is 16.6. The SMILES string of the molecule is COc1cccc(OC)c1C(=O)Nc1c2c(nn1C)CCN(C(=O)OC(C)(C)C)C2. The van der Waals surface area contributed by atoms with Crippen molar-refractivity contribution in [2.75, 3.05) is 26.1 Å². The van der Waals surface area contributed by atoms with Gasteiger partial charge in [0, 0.05) is 25.6 Å². The molecule has 2 amide bonds. The Morgan fingerprint density at radius 2 is 1.77 bits per heavy atom. The second-order valence-corrected chi connectivity index (χ2v) is 8.04. The van der Waals surface area contributed by atoms with Gasteiger partial charge in [-0.1, -0.05) is 6.07 Å². The highest BCUT2D eigenvalue weighted by molar-refractivity contribution is 6.08. The third-order valence-corrected chi connectivity index (χ3v) is 4.73. The molecule has 3 rings (SSSR count). The van der Waals surface area contributed by atoms with Crippen molar-refractivity contribution in [2.45, 2.75) is 39.3 Å². The second kappa shape index (κ2) is 8.25. The van der Waals surface area contributed by atoms with E-state index in [1.807, 2.05) is 20.8 Å². The number of benzene rings is 1. The zero-order chi connectivity index (χ0) is 22.1. The van der Waals surface area contributed by atoms with Crippen molar-refractivity contribution in [2.24, 2.45) is 7.05 Å². The first-order valence-electron chi connectivity index (χ1n) is 9.69. The molecule has 1 aliphatic heterocycles. The standard InChI is InChI=1S/C21H28N4O5/c1-21(2,3)30-20(27)25-11-10-14-13(12-25)18(24(4)23-14)22-19(26)17-15(28-5)8-7-9-16(17)29-6/h7-9H,10-12H2,1-6H3,(H,22,26). The minimum atomic E-state index is -0.580. The molecule has 9 heteroatoms. The smallest absolute Gasteiger partial charge is 0.410 e. The lowest BCUT2D eigenvalue weighted by molar-refractivity contribution is 0.0224. The summed E-state index contributed by atoms with van der Waals surface area (Å²) in [6.07, 6.45) is 0.191. The van der Waals surface area contributed by atoms with Crippen LogP contribution in [0.3, 0.4) is 0 Å². The molecule has 0 spiro atoms. The largest absolute Gasteiger partial charge is 0.496 e. The van der Waals surface area contributed by atoms with Crippen LogP contribution in [0, 0.1) is 0 Å². The number of fused-ring (bicyclic) bond motifs is 1. The summed E-state index contributed by atoms with van der Waals surface area (Å²) in [6, 6.07) is 5.14. The lowest BCUT2D eigenvalue weighted by Crippen LogP contribution is -2.40. The molecule has 0 bridgehead atoms. The molecule has 0 fully saturated rings. The van der Waals surface area contributed by atoms with E-state index in [0.717, 1.165) is 11.3 Å². The molecule has 9 nitrogen and oxygen atoms in total. The summed E-state index contributed by atoms with van der Waals surface area (Å²) in [5.74, 6) is 0.942. The summed E-state index contributed by atoms with van der Waals surface area (Å²) in [7, 11) is 4.75. The van der Waals surface area contributed by atoms with Gasteiger partial charge in [-0.2, -0.15) is 5.10 Å². The maximum Gasteiger partial charge on any atom is 0.410 e. The van der Waals surface area contributed by atoms with Gasteiger partial charge in [-0.15, -0.1) is 0 Å². The molecule has 1 aromatic carbocycles. The summed E-state index contributed by atoms with van der Waals surface area (Å²) in [6.45, 7) is 6.30. The fraction of sp³-hybridized carbons (Fsp3) is 0.476. The van der Waals surface area contributed by atoms with Crippen molar-refractivity contribution in [3.8, 4) is 11.5 Å². The number of anilines is 1. The summed E-state index contributed by atoms with van der Waals surface area (Å²) < 4.78 is 17.8. The van der Waals surface area contributed by atoms with Crippen LogP contribution in [-0.2, 0) is 24.8 Å². The number of amides is 2. The van der Waals surface area contributed by atoms with Crippen LogP contribution >= 0.6 is 0 Å². The first-order valence-corrected chi connectivity index (χ1v) is 9.69. The van der Waals surface area contributed by atoms with Crippen LogP contribution in [0.1, 0.15) is 42.4 Å². The van der Waals surface area contributed by atoms with Crippen molar-refractivity contribution >= 4 is 17.8 Å². The molecule has 0 unspecified atom stereocenters. The van der Waals surface area contributed by atoms with E-state index in [2.05, 4.69) is 10.4 Å². The Morgan fingerprint density at radius 1 is 1.13 bits per heavy atom. The predicted octanol–water partition coefficient (Wildman–Crippen LogP) is 2.98.